The highest BCUT2D eigenvalue weighted by molar-refractivity contribution is 7.21. The van der Waals surface area contributed by atoms with Crippen LogP contribution in [0.4, 0.5) is 0 Å². The Morgan fingerprint density at radius 3 is 2.88 bits per heavy atom. The molecule has 0 bridgehead atoms. The predicted molar refractivity (Wildman–Crippen MR) is 101 cm³/mol. The summed E-state index contributed by atoms with van der Waals surface area (Å²) in [4.78, 5) is 17.2. The van der Waals surface area contributed by atoms with Gasteiger partial charge in [-0.3, -0.25) is 4.79 Å². The molecule has 0 saturated carbocycles. The highest BCUT2D eigenvalue weighted by Gasteiger charge is 2.39. The largest absolute Gasteiger partial charge is 0.457 e. The normalized spacial score (nSPS) is 16.7. The van der Waals surface area contributed by atoms with Gasteiger partial charge in [-0.15, -0.1) is 11.3 Å². The van der Waals surface area contributed by atoms with E-state index in [-0.39, 0.29) is 5.91 Å². The summed E-state index contributed by atoms with van der Waals surface area (Å²) >= 11 is 1.59. The van der Waals surface area contributed by atoms with Crippen molar-refractivity contribution in [2.45, 2.75) is 25.0 Å². The summed E-state index contributed by atoms with van der Waals surface area (Å²) in [6.45, 7) is 1.90. The molecule has 7 heteroatoms. The number of ether oxygens (including phenoxy) is 1. The van der Waals surface area contributed by atoms with E-state index in [1.807, 2.05) is 36.4 Å². The molecule has 2 aromatic heterocycles. The predicted octanol–water partition coefficient (Wildman–Crippen LogP) is 2.94. The Labute approximate surface area is 155 Å². The van der Waals surface area contributed by atoms with E-state index < -0.39 is 5.60 Å². The van der Waals surface area contributed by atoms with Gasteiger partial charge >= 0.3 is 0 Å². The Morgan fingerprint density at radius 2 is 2.12 bits per heavy atom. The summed E-state index contributed by atoms with van der Waals surface area (Å²) < 4.78 is 12.6. The van der Waals surface area contributed by atoms with Crippen molar-refractivity contribution in [3.05, 3.63) is 42.2 Å². The van der Waals surface area contributed by atoms with Gasteiger partial charge in [-0.2, -0.15) is 0 Å². The maximum atomic E-state index is 12.6. The molecule has 1 aromatic carbocycles. The Bertz CT molecular complexity index is 879. The minimum Gasteiger partial charge on any atom is -0.457 e. The number of carbonyl (C=O) groups excluding carboxylic acids is 1. The average Bonchev–Trinajstić information content (AvgIpc) is 3.33. The van der Waals surface area contributed by atoms with E-state index in [1.54, 1.807) is 18.4 Å². The number of furan rings is 1. The summed E-state index contributed by atoms with van der Waals surface area (Å²) in [5, 5.41) is 7.04. The van der Waals surface area contributed by atoms with E-state index in [2.05, 4.69) is 15.6 Å². The van der Waals surface area contributed by atoms with E-state index in [9.17, 15) is 4.79 Å². The second-order valence-electron chi connectivity index (χ2n) is 6.38. The maximum absolute atomic E-state index is 12.6. The molecule has 1 aliphatic rings. The fourth-order valence-electron chi connectivity index (χ4n) is 3.25. The van der Waals surface area contributed by atoms with Crippen molar-refractivity contribution in [2.24, 2.45) is 0 Å². The van der Waals surface area contributed by atoms with Crippen LogP contribution in [0.5, 0.6) is 0 Å². The van der Waals surface area contributed by atoms with Gasteiger partial charge in [0.15, 0.2) is 10.8 Å². The van der Waals surface area contributed by atoms with Crippen LogP contribution in [0.25, 0.3) is 21.0 Å². The fraction of sp³-hybridized carbons (Fsp3) is 0.368. The topological polar surface area (TPSA) is 76.4 Å². The van der Waals surface area contributed by atoms with E-state index >= 15 is 0 Å². The molecule has 0 radical (unpaired) electrons. The van der Waals surface area contributed by atoms with Crippen LogP contribution in [-0.4, -0.2) is 36.7 Å². The van der Waals surface area contributed by atoms with E-state index in [0.717, 1.165) is 34.1 Å². The van der Waals surface area contributed by atoms with Crippen LogP contribution in [0.2, 0.25) is 0 Å². The molecular weight excluding hydrogens is 350 g/mol. The minimum atomic E-state index is -0.742. The second-order valence-corrected chi connectivity index (χ2v) is 7.41. The van der Waals surface area contributed by atoms with Crippen molar-refractivity contribution < 1.29 is 13.9 Å². The quantitative estimate of drug-likeness (QED) is 0.721. The van der Waals surface area contributed by atoms with E-state index in [1.165, 1.54) is 0 Å². The number of aromatic nitrogens is 1. The number of para-hydroxylation sites is 1. The van der Waals surface area contributed by atoms with Crippen LogP contribution < -0.4 is 10.6 Å². The number of nitrogens with zero attached hydrogens (tertiary/aromatic N) is 1. The van der Waals surface area contributed by atoms with Gasteiger partial charge in [0.2, 0.25) is 0 Å². The van der Waals surface area contributed by atoms with Gasteiger partial charge in [0.1, 0.15) is 11.4 Å². The smallest absolute Gasteiger partial charge is 0.252 e. The molecule has 0 atom stereocenters. The summed E-state index contributed by atoms with van der Waals surface area (Å²) in [5.41, 5.74) is 0.222. The second kappa shape index (κ2) is 7.19. The number of amides is 1. The van der Waals surface area contributed by atoms with Crippen LogP contribution in [-0.2, 0) is 16.1 Å². The lowest BCUT2D eigenvalue weighted by Gasteiger charge is -2.34. The Morgan fingerprint density at radius 1 is 1.31 bits per heavy atom. The molecule has 0 spiro atoms. The first-order valence-electron chi connectivity index (χ1n) is 8.69. The zero-order valence-electron chi connectivity index (χ0n) is 14.6. The summed E-state index contributed by atoms with van der Waals surface area (Å²) in [7, 11) is 1.60. The molecule has 26 heavy (non-hydrogen) atoms. The number of benzene rings is 1. The van der Waals surface area contributed by atoms with Crippen LogP contribution in [0.1, 0.15) is 18.6 Å². The molecule has 0 aliphatic carbocycles. The van der Waals surface area contributed by atoms with Gasteiger partial charge < -0.3 is 19.8 Å². The number of thiazole rings is 1. The molecule has 6 nitrogen and oxygen atoms in total. The zero-order valence-corrected chi connectivity index (χ0v) is 15.4. The fourth-order valence-corrected chi connectivity index (χ4v) is 4.18. The van der Waals surface area contributed by atoms with Gasteiger partial charge in [0.05, 0.1) is 16.8 Å². The third-order valence-corrected chi connectivity index (χ3v) is 5.86. The minimum absolute atomic E-state index is 0.0839. The number of piperidine rings is 1. The molecule has 2 N–H and O–H groups in total. The standard InChI is InChI=1S/C19H21N3O3S/c1-24-19(8-10-20-11-9-19)18(23)21-12-13-6-7-15(25-13)17-22-14-4-2-3-5-16(14)26-17/h2-7,20H,8-12H2,1H3,(H,21,23). The van der Waals surface area contributed by atoms with Gasteiger partial charge in [-0.05, 0) is 50.2 Å². The third kappa shape index (κ3) is 3.25. The molecule has 4 rings (SSSR count). The highest BCUT2D eigenvalue weighted by atomic mass is 32.1. The molecule has 3 heterocycles. The molecule has 0 unspecified atom stereocenters. The van der Waals surface area contributed by atoms with E-state index in [4.69, 9.17) is 9.15 Å². The number of carbonyl (C=O) groups is 1. The number of rotatable bonds is 5. The SMILES string of the molecule is COC1(C(=O)NCc2ccc(-c3nc4ccccc4s3)o2)CCNCC1. The number of methoxy groups -OCH3 is 1. The molecule has 1 fully saturated rings. The molecule has 136 valence electrons. The Hall–Kier alpha value is -2.22. The highest BCUT2D eigenvalue weighted by Crippen LogP contribution is 2.31. The van der Waals surface area contributed by atoms with Crippen molar-refractivity contribution in [1.82, 2.24) is 15.6 Å². The number of hydrogen-bond donors (Lipinski definition) is 2. The van der Waals surface area contributed by atoms with Gasteiger partial charge in [0.25, 0.3) is 5.91 Å². The van der Waals surface area contributed by atoms with Crippen molar-refractivity contribution in [2.75, 3.05) is 20.2 Å². The monoisotopic (exact) mass is 371 g/mol. The first-order chi connectivity index (χ1) is 12.7. The molecule has 1 amide bonds. The van der Waals surface area contributed by atoms with Crippen molar-refractivity contribution in [3.8, 4) is 10.8 Å². The van der Waals surface area contributed by atoms with Crippen molar-refractivity contribution in [1.29, 1.82) is 0 Å². The zero-order chi connectivity index (χ0) is 18.0. The summed E-state index contributed by atoms with van der Waals surface area (Å²) in [6.07, 6.45) is 1.34. The third-order valence-electron chi connectivity index (χ3n) is 4.81. The maximum Gasteiger partial charge on any atom is 0.252 e. The summed E-state index contributed by atoms with van der Waals surface area (Å²) in [6, 6.07) is 11.8. The molecule has 1 aliphatic heterocycles. The van der Waals surface area contributed by atoms with Crippen LogP contribution in [0, 0.1) is 0 Å². The average molecular weight is 371 g/mol. The van der Waals surface area contributed by atoms with Gasteiger partial charge in [-0.1, -0.05) is 12.1 Å². The van der Waals surface area contributed by atoms with Gasteiger partial charge in [-0.25, -0.2) is 4.98 Å². The van der Waals surface area contributed by atoms with Crippen LogP contribution >= 0.6 is 11.3 Å². The van der Waals surface area contributed by atoms with Crippen LogP contribution in [0.15, 0.2) is 40.8 Å². The van der Waals surface area contributed by atoms with Crippen molar-refractivity contribution >= 4 is 27.5 Å². The number of nitrogens with one attached hydrogen (secondary N) is 2. The number of fused-ring (bicyclic) bond motifs is 1. The number of hydrogen-bond acceptors (Lipinski definition) is 6. The lowest BCUT2D eigenvalue weighted by atomic mass is 9.91. The first kappa shape index (κ1) is 17.2. The van der Waals surface area contributed by atoms with Crippen LogP contribution in [0.3, 0.4) is 0 Å². The lowest BCUT2D eigenvalue weighted by molar-refractivity contribution is -0.147. The summed E-state index contributed by atoms with van der Waals surface area (Å²) in [5.74, 6) is 1.34. The van der Waals surface area contributed by atoms with E-state index in [0.29, 0.717) is 25.1 Å². The first-order valence-corrected chi connectivity index (χ1v) is 9.51. The van der Waals surface area contributed by atoms with Crippen molar-refractivity contribution in [3.63, 3.8) is 0 Å². The molecule has 1 saturated heterocycles. The van der Waals surface area contributed by atoms with Gasteiger partial charge in [0, 0.05) is 7.11 Å². The molecular formula is C19H21N3O3S. The molecule has 3 aromatic rings. The lowest BCUT2D eigenvalue weighted by Crippen LogP contribution is -2.53. The Kier molecular flexibility index (Phi) is 4.76. The Balaban J connectivity index is 1.44.